The van der Waals surface area contributed by atoms with E-state index in [1.807, 2.05) is 43.1 Å². The highest BCUT2D eigenvalue weighted by Crippen LogP contribution is 2.22. The first-order chi connectivity index (χ1) is 9.04. The minimum absolute atomic E-state index is 0.109. The van der Waals surface area contributed by atoms with E-state index < -0.39 is 0 Å². The summed E-state index contributed by atoms with van der Waals surface area (Å²) in [5.41, 5.74) is 7.96. The smallest absolute Gasteiger partial charge is 0.245 e. The summed E-state index contributed by atoms with van der Waals surface area (Å²) in [5, 5.41) is 0. The number of carbonyl (C=O) groups is 1. The Bertz CT molecular complexity index is 443. The molecule has 1 heterocycles. The summed E-state index contributed by atoms with van der Waals surface area (Å²) in [6.07, 6.45) is 0.965. The third-order valence-electron chi connectivity index (χ3n) is 4.08. The van der Waals surface area contributed by atoms with Gasteiger partial charge in [-0.3, -0.25) is 9.69 Å². The van der Waals surface area contributed by atoms with Gasteiger partial charge in [-0.15, -0.1) is 0 Å². The van der Waals surface area contributed by atoms with Crippen LogP contribution in [0.3, 0.4) is 0 Å². The minimum atomic E-state index is -0.223. The Hall–Kier alpha value is -1.39. The molecule has 4 nitrogen and oxygen atoms in total. The molecule has 1 amide bonds. The van der Waals surface area contributed by atoms with E-state index in [0.717, 1.165) is 18.7 Å². The van der Waals surface area contributed by atoms with Crippen molar-refractivity contribution >= 4 is 11.6 Å². The number of amides is 1. The van der Waals surface area contributed by atoms with Gasteiger partial charge in [0.15, 0.2) is 0 Å². The van der Waals surface area contributed by atoms with Crippen molar-refractivity contribution in [1.82, 2.24) is 4.90 Å². The molecule has 0 aliphatic carbocycles. The Morgan fingerprint density at radius 1 is 1.32 bits per heavy atom. The molecule has 1 fully saturated rings. The summed E-state index contributed by atoms with van der Waals surface area (Å²) in [5.74, 6) is 0.109. The van der Waals surface area contributed by atoms with Crippen LogP contribution in [0.25, 0.3) is 0 Å². The van der Waals surface area contributed by atoms with Crippen LogP contribution in [0.5, 0.6) is 0 Å². The van der Waals surface area contributed by atoms with Gasteiger partial charge in [0.25, 0.3) is 0 Å². The van der Waals surface area contributed by atoms with Crippen LogP contribution >= 0.6 is 0 Å². The van der Waals surface area contributed by atoms with E-state index in [2.05, 4.69) is 11.8 Å². The van der Waals surface area contributed by atoms with Gasteiger partial charge in [0.1, 0.15) is 6.04 Å². The number of anilines is 1. The Kier molecular flexibility index (Phi) is 4.22. The molecule has 2 unspecified atom stereocenters. The minimum Gasteiger partial charge on any atom is -0.328 e. The van der Waals surface area contributed by atoms with Gasteiger partial charge in [0.05, 0.1) is 0 Å². The zero-order chi connectivity index (χ0) is 14.0. The normalized spacial score (nSPS) is 25.5. The van der Waals surface area contributed by atoms with Crippen molar-refractivity contribution in [2.45, 2.75) is 32.4 Å². The second-order valence-electron chi connectivity index (χ2n) is 5.38. The van der Waals surface area contributed by atoms with Crippen molar-refractivity contribution < 1.29 is 4.79 Å². The molecule has 4 heteroatoms. The first-order valence-corrected chi connectivity index (χ1v) is 6.84. The van der Waals surface area contributed by atoms with Gasteiger partial charge >= 0.3 is 0 Å². The largest absolute Gasteiger partial charge is 0.328 e. The van der Waals surface area contributed by atoms with Crippen molar-refractivity contribution in [3.63, 3.8) is 0 Å². The van der Waals surface area contributed by atoms with E-state index in [1.54, 1.807) is 0 Å². The number of hydrogen-bond donors (Lipinski definition) is 1. The summed E-state index contributed by atoms with van der Waals surface area (Å²) in [6.45, 7) is 5.31. The SMILES string of the molecule is Cc1ccc(N2CCC(C)N(C)C(CN)C2=O)cc1. The number of rotatable bonds is 2. The molecule has 2 atom stereocenters. The quantitative estimate of drug-likeness (QED) is 0.875. The Morgan fingerprint density at radius 2 is 1.95 bits per heavy atom. The van der Waals surface area contributed by atoms with Crippen LogP contribution in [0, 0.1) is 6.92 Å². The summed E-state index contributed by atoms with van der Waals surface area (Å²) in [6, 6.07) is 8.25. The molecule has 0 saturated carbocycles. The number of benzene rings is 1. The molecule has 2 N–H and O–H groups in total. The zero-order valence-corrected chi connectivity index (χ0v) is 12.0. The number of nitrogens with two attached hydrogens (primary N) is 1. The van der Waals surface area contributed by atoms with Crippen LogP contribution in [-0.2, 0) is 4.79 Å². The molecule has 0 aromatic heterocycles. The molecule has 1 aromatic carbocycles. The van der Waals surface area contributed by atoms with Crippen molar-refractivity contribution in [2.24, 2.45) is 5.73 Å². The third kappa shape index (κ3) is 2.80. The Labute approximate surface area is 115 Å². The molecule has 19 heavy (non-hydrogen) atoms. The molecule has 0 radical (unpaired) electrons. The van der Waals surface area contributed by atoms with Gasteiger partial charge in [0, 0.05) is 24.8 Å². The lowest BCUT2D eigenvalue weighted by atomic mass is 10.2. The lowest BCUT2D eigenvalue weighted by Crippen LogP contribution is -2.50. The van der Waals surface area contributed by atoms with Crippen molar-refractivity contribution in [3.8, 4) is 0 Å². The number of nitrogens with zero attached hydrogens (tertiary/aromatic N) is 2. The number of likely N-dealkylation sites (N-methyl/N-ethyl adjacent to an activating group) is 1. The van der Waals surface area contributed by atoms with Crippen LogP contribution in [0.4, 0.5) is 5.69 Å². The van der Waals surface area contributed by atoms with Crippen LogP contribution in [0.1, 0.15) is 18.9 Å². The van der Waals surface area contributed by atoms with E-state index in [9.17, 15) is 4.79 Å². The standard InChI is InChI=1S/C15H23N3O/c1-11-4-6-13(7-5-11)18-9-8-12(2)17(3)14(10-16)15(18)19/h4-7,12,14H,8-10,16H2,1-3H3. The van der Waals surface area contributed by atoms with Crippen LogP contribution in [0.15, 0.2) is 24.3 Å². The highest BCUT2D eigenvalue weighted by Gasteiger charge is 2.33. The molecular formula is C15H23N3O. The van der Waals surface area contributed by atoms with Crippen molar-refractivity contribution in [3.05, 3.63) is 29.8 Å². The molecule has 0 bridgehead atoms. The fourth-order valence-corrected chi connectivity index (χ4v) is 2.54. The maximum Gasteiger partial charge on any atom is 0.245 e. The Balaban J connectivity index is 2.29. The predicted octanol–water partition coefficient (Wildman–Crippen LogP) is 1.38. The highest BCUT2D eigenvalue weighted by molar-refractivity contribution is 5.97. The predicted molar refractivity (Wildman–Crippen MR) is 78.2 cm³/mol. The third-order valence-corrected chi connectivity index (χ3v) is 4.08. The Morgan fingerprint density at radius 3 is 2.53 bits per heavy atom. The van der Waals surface area contributed by atoms with E-state index in [0.29, 0.717) is 12.6 Å². The number of aryl methyl sites for hydroxylation is 1. The van der Waals surface area contributed by atoms with E-state index >= 15 is 0 Å². The van der Waals surface area contributed by atoms with Crippen LogP contribution in [0.2, 0.25) is 0 Å². The molecule has 2 rings (SSSR count). The summed E-state index contributed by atoms with van der Waals surface area (Å²) < 4.78 is 0. The molecule has 0 spiro atoms. The van der Waals surface area contributed by atoms with E-state index in [4.69, 9.17) is 5.73 Å². The average molecular weight is 261 g/mol. The monoisotopic (exact) mass is 261 g/mol. The second-order valence-corrected chi connectivity index (χ2v) is 5.38. The summed E-state index contributed by atoms with van der Waals surface area (Å²) in [7, 11) is 1.98. The molecule has 1 saturated heterocycles. The summed E-state index contributed by atoms with van der Waals surface area (Å²) >= 11 is 0. The fraction of sp³-hybridized carbons (Fsp3) is 0.533. The average Bonchev–Trinajstić information content (AvgIpc) is 2.50. The fourth-order valence-electron chi connectivity index (χ4n) is 2.54. The number of carbonyl (C=O) groups excluding carboxylic acids is 1. The molecule has 1 aromatic rings. The topological polar surface area (TPSA) is 49.6 Å². The number of hydrogen-bond acceptors (Lipinski definition) is 3. The van der Waals surface area contributed by atoms with Gasteiger partial charge < -0.3 is 10.6 Å². The lowest BCUT2D eigenvalue weighted by molar-refractivity contribution is -0.122. The maximum atomic E-state index is 12.6. The first kappa shape index (κ1) is 14.0. The molecular weight excluding hydrogens is 238 g/mol. The van der Waals surface area contributed by atoms with Gasteiger partial charge in [-0.1, -0.05) is 17.7 Å². The molecule has 1 aliphatic heterocycles. The first-order valence-electron chi connectivity index (χ1n) is 6.84. The van der Waals surface area contributed by atoms with Crippen molar-refractivity contribution in [2.75, 3.05) is 25.0 Å². The van der Waals surface area contributed by atoms with E-state index in [-0.39, 0.29) is 11.9 Å². The second kappa shape index (κ2) is 5.72. The summed E-state index contributed by atoms with van der Waals surface area (Å²) in [4.78, 5) is 16.6. The molecule has 1 aliphatic rings. The molecule has 104 valence electrons. The highest BCUT2D eigenvalue weighted by atomic mass is 16.2. The zero-order valence-electron chi connectivity index (χ0n) is 12.0. The van der Waals surface area contributed by atoms with Gasteiger partial charge in [-0.2, -0.15) is 0 Å². The van der Waals surface area contributed by atoms with Crippen LogP contribution < -0.4 is 10.6 Å². The van der Waals surface area contributed by atoms with Crippen molar-refractivity contribution in [1.29, 1.82) is 0 Å². The van der Waals surface area contributed by atoms with Gasteiger partial charge in [-0.05, 0) is 39.4 Å². The van der Waals surface area contributed by atoms with Crippen LogP contribution in [-0.4, -0.2) is 43.0 Å². The lowest BCUT2D eigenvalue weighted by Gasteiger charge is -2.29. The van der Waals surface area contributed by atoms with Gasteiger partial charge in [0.2, 0.25) is 5.91 Å². The maximum absolute atomic E-state index is 12.6. The van der Waals surface area contributed by atoms with Gasteiger partial charge in [-0.25, -0.2) is 0 Å². The van der Waals surface area contributed by atoms with E-state index in [1.165, 1.54) is 5.56 Å².